The number of hydrogen-bond donors (Lipinski definition) is 3. The van der Waals surface area contributed by atoms with Crippen molar-refractivity contribution in [2.75, 3.05) is 5.32 Å². The average Bonchev–Trinajstić information content (AvgIpc) is 2.41. The van der Waals surface area contributed by atoms with Crippen molar-refractivity contribution in [1.82, 2.24) is 5.32 Å². The molecule has 0 aliphatic heterocycles. The third-order valence-electron chi connectivity index (χ3n) is 3.60. The van der Waals surface area contributed by atoms with Crippen molar-refractivity contribution >= 4 is 17.5 Å². The lowest BCUT2D eigenvalue weighted by Gasteiger charge is -2.29. The number of anilines is 1. The number of carbonyl (C=O) groups is 2. The molecule has 2 atom stereocenters. The smallest absolute Gasteiger partial charge is 0.251 e. The fourth-order valence-electron chi connectivity index (χ4n) is 2.50. The van der Waals surface area contributed by atoms with Crippen LogP contribution in [0.5, 0.6) is 0 Å². The van der Waals surface area contributed by atoms with Gasteiger partial charge in [0.25, 0.3) is 5.91 Å². The van der Waals surface area contributed by atoms with E-state index in [0.29, 0.717) is 11.3 Å². The van der Waals surface area contributed by atoms with Gasteiger partial charge in [0, 0.05) is 30.3 Å². The summed E-state index contributed by atoms with van der Waals surface area (Å²) in [6, 6.07) is 6.95. The Morgan fingerprint density at radius 2 is 1.80 bits per heavy atom. The fourth-order valence-corrected chi connectivity index (χ4v) is 2.50. The third kappa shape index (κ3) is 3.81. The van der Waals surface area contributed by atoms with Crippen molar-refractivity contribution in [3.05, 3.63) is 29.8 Å². The summed E-state index contributed by atoms with van der Waals surface area (Å²) in [5.41, 5.74) is 7.29. The van der Waals surface area contributed by atoms with E-state index in [9.17, 15) is 9.59 Å². The van der Waals surface area contributed by atoms with Crippen molar-refractivity contribution in [1.29, 1.82) is 0 Å². The number of nitrogens with two attached hydrogens (primary N) is 1. The van der Waals surface area contributed by atoms with Gasteiger partial charge < -0.3 is 16.4 Å². The van der Waals surface area contributed by atoms with Crippen LogP contribution in [-0.2, 0) is 4.79 Å². The first-order chi connectivity index (χ1) is 9.56. The molecule has 108 valence electrons. The van der Waals surface area contributed by atoms with Crippen LogP contribution in [0.15, 0.2) is 24.3 Å². The molecule has 0 saturated heterocycles. The molecule has 0 bridgehead atoms. The van der Waals surface area contributed by atoms with E-state index in [1.165, 1.54) is 6.92 Å². The molecule has 5 heteroatoms. The Labute approximate surface area is 118 Å². The minimum atomic E-state index is -0.129. The molecule has 0 heterocycles. The zero-order chi connectivity index (χ0) is 14.5. The predicted octanol–water partition coefficient (Wildman–Crippen LogP) is 1.64. The maximum Gasteiger partial charge on any atom is 0.251 e. The molecule has 0 radical (unpaired) electrons. The highest BCUT2D eigenvalue weighted by molar-refractivity contribution is 5.95. The minimum absolute atomic E-state index is 0.0475. The molecular weight excluding hydrogens is 254 g/mol. The lowest BCUT2D eigenvalue weighted by molar-refractivity contribution is -0.114. The number of benzene rings is 1. The Morgan fingerprint density at radius 1 is 1.15 bits per heavy atom. The highest BCUT2D eigenvalue weighted by atomic mass is 16.2. The van der Waals surface area contributed by atoms with E-state index in [0.717, 1.165) is 25.7 Å². The van der Waals surface area contributed by atoms with Gasteiger partial charge in [0.2, 0.25) is 5.91 Å². The van der Waals surface area contributed by atoms with Crippen molar-refractivity contribution in [2.24, 2.45) is 5.73 Å². The van der Waals surface area contributed by atoms with Crippen molar-refractivity contribution in [3.63, 3.8) is 0 Å². The molecule has 2 amide bonds. The first kappa shape index (κ1) is 14.5. The molecule has 5 nitrogen and oxygen atoms in total. The van der Waals surface area contributed by atoms with Crippen molar-refractivity contribution < 1.29 is 9.59 Å². The third-order valence-corrected chi connectivity index (χ3v) is 3.60. The predicted molar refractivity (Wildman–Crippen MR) is 78.4 cm³/mol. The quantitative estimate of drug-likeness (QED) is 0.784. The molecule has 1 aliphatic carbocycles. The van der Waals surface area contributed by atoms with Crippen LogP contribution in [0.25, 0.3) is 0 Å². The summed E-state index contributed by atoms with van der Waals surface area (Å²) >= 11 is 0. The second-order valence-corrected chi connectivity index (χ2v) is 5.29. The van der Waals surface area contributed by atoms with Crippen molar-refractivity contribution in [3.8, 4) is 0 Å². The minimum Gasteiger partial charge on any atom is -0.348 e. The monoisotopic (exact) mass is 275 g/mol. The lowest BCUT2D eigenvalue weighted by Crippen LogP contribution is -2.49. The van der Waals surface area contributed by atoms with Gasteiger partial charge in [0.05, 0.1) is 0 Å². The van der Waals surface area contributed by atoms with Crippen LogP contribution in [0.4, 0.5) is 5.69 Å². The molecule has 0 spiro atoms. The number of nitrogens with one attached hydrogen (secondary N) is 2. The van der Waals surface area contributed by atoms with Crippen LogP contribution in [0.1, 0.15) is 43.0 Å². The van der Waals surface area contributed by atoms with Crippen LogP contribution >= 0.6 is 0 Å². The first-order valence-corrected chi connectivity index (χ1v) is 7.00. The van der Waals surface area contributed by atoms with Crippen LogP contribution in [0.3, 0.4) is 0 Å². The second-order valence-electron chi connectivity index (χ2n) is 5.29. The van der Waals surface area contributed by atoms with E-state index >= 15 is 0 Å². The maximum atomic E-state index is 12.1. The Hall–Kier alpha value is -1.88. The lowest BCUT2D eigenvalue weighted by atomic mass is 9.91. The first-order valence-electron chi connectivity index (χ1n) is 7.00. The standard InChI is InChI=1S/C15H21N3O2/c1-10(19)17-12-8-6-11(7-9-12)15(20)18-14-5-3-2-4-13(14)16/h6-9,13-14H,2-5,16H2,1H3,(H,17,19)(H,18,20). The second kappa shape index (κ2) is 6.52. The molecule has 1 aromatic rings. The van der Waals surface area contributed by atoms with Crippen LogP contribution in [-0.4, -0.2) is 23.9 Å². The van der Waals surface area contributed by atoms with Crippen LogP contribution in [0, 0.1) is 0 Å². The van der Waals surface area contributed by atoms with Gasteiger partial charge in [-0.3, -0.25) is 9.59 Å². The summed E-state index contributed by atoms with van der Waals surface area (Å²) in [4.78, 5) is 23.1. The summed E-state index contributed by atoms with van der Waals surface area (Å²) in [6.07, 6.45) is 4.16. The number of rotatable bonds is 3. The number of amides is 2. The van der Waals surface area contributed by atoms with Crippen molar-refractivity contribution in [2.45, 2.75) is 44.7 Å². The van der Waals surface area contributed by atoms with E-state index in [4.69, 9.17) is 5.73 Å². The van der Waals surface area contributed by atoms with Crippen LogP contribution in [0.2, 0.25) is 0 Å². The van der Waals surface area contributed by atoms with E-state index < -0.39 is 0 Å². The van der Waals surface area contributed by atoms with Gasteiger partial charge >= 0.3 is 0 Å². The zero-order valence-electron chi connectivity index (χ0n) is 11.7. The molecule has 1 saturated carbocycles. The largest absolute Gasteiger partial charge is 0.348 e. The topological polar surface area (TPSA) is 84.2 Å². The van der Waals surface area contributed by atoms with E-state index in [1.807, 2.05) is 0 Å². The zero-order valence-corrected chi connectivity index (χ0v) is 11.7. The Kier molecular flexibility index (Phi) is 4.74. The maximum absolute atomic E-state index is 12.1. The Balaban J connectivity index is 1.96. The molecule has 2 rings (SSSR count). The molecular formula is C15H21N3O2. The van der Waals surface area contributed by atoms with E-state index in [1.54, 1.807) is 24.3 Å². The molecule has 1 aliphatic rings. The normalized spacial score (nSPS) is 22.1. The molecule has 1 fully saturated rings. The van der Waals surface area contributed by atoms with Gasteiger partial charge in [-0.2, -0.15) is 0 Å². The molecule has 4 N–H and O–H groups in total. The summed E-state index contributed by atoms with van der Waals surface area (Å²) in [6.45, 7) is 1.45. The SMILES string of the molecule is CC(=O)Nc1ccc(C(=O)NC2CCCCC2N)cc1. The van der Waals surface area contributed by atoms with Gasteiger partial charge in [-0.05, 0) is 37.1 Å². The summed E-state index contributed by atoms with van der Waals surface area (Å²) in [7, 11) is 0. The summed E-state index contributed by atoms with van der Waals surface area (Å²) in [5.74, 6) is -0.239. The summed E-state index contributed by atoms with van der Waals surface area (Å²) < 4.78 is 0. The van der Waals surface area contributed by atoms with Gasteiger partial charge in [0.15, 0.2) is 0 Å². The van der Waals surface area contributed by atoms with E-state index in [2.05, 4.69) is 10.6 Å². The van der Waals surface area contributed by atoms with Gasteiger partial charge in [-0.1, -0.05) is 12.8 Å². The molecule has 2 unspecified atom stereocenters. The van der Waals surface area contributed by atoms with Gasteiger partial charge in [-0.15, -0.1) is 0 Å². The van der Waals surface area contributed by atoms with Crippen LogP contribution < -0.4 is 16.4 Å². The fraction of sp³-hybridized carbons (Fsp3) is 0.467. The Bertz CT molecular complexity index is 484. The van der Waals surface area contributed by atoms with E-state index in [-0.39, 0.29) is 23.9 Å². The average molecular weight is 275 g/mol. The van der Waals surface area contributed by atoms with Gasteiger partial charge in [-0.25, -0.2) is 0 Å². The van der Waals surface area contributed by atoms with Gasteiger partial charge in [0.1, 0.15) is 0 Å². The molecule has 0 aromatic heterocycles. The number of carbonyl (C=O) groups excluding carboxylic acids is 2. The number of hydrogen-bond acceptors (Lipinski definition) is 3. The summed E-state index contributed by atoms with van der Waals surface area (Å²) in [5, 5.41) is 5.66. The highest BCUT2D eigenvalue weighted by Gasteiger charge is 2.23. The molecule has 1 aromatic carbocycles. The molecule has 20 heavy (non-hydrogen) atoms. The highest BCUT2D eigenvalue weighted by Crippen LogP contribution is 2.17. The Morgan fingerprint density at radius 3 is 2.40 bits per heavy atom.